The van der Waals surface area contributed by atoms with Crippen LogP contribution in [0, 0.1) is 0 Å². The normalized spacial score (nSPS) is 20.5. The summed E-state index contributed by atoms with van der Waals surface area (Å²) in [6, 6.07) is -2.13. The van der Waals surface area contributed by atoms with E-state index in [0.29, 0.717) is 12.8 Å². The fourth-order valence-corrected chi connectivity index (χ4v) is 1.44. The Bertz CT molecular complexity index is 320. The highest BCUT2D eigenvalue weighted by Crippen LogP contribution is 2.04. The van der Waals surface area contributed by atoms with Crippen LogP contribution in [0.2, 0.25) is 0 Å². The van der Waals surface area contributed by atoms with Gasteiger partial charge in [-0.05, 0) is 6.42 Å². The number of carbonyl (C=O) groups is 3. The number of hydrogen-bond donors (Lipinski definition) is 5. The highest BCUT2D eigenvalue weighted by Gasteiger charge is 2.22. The zero-order chi connectivity index (χ0) is 12.8. The Morgan fingerprint density at radius 3 is 2.71 bits per heavy atom. The molecule has 1 rings (SSSR count). The highest BCUT2D eigenvalue weighted by molar-refractivity contribution is 5.82. The Labute approximate surface area is 97.4 Å². The highest BCUT2D eigenvalue weighted by atomic mass is 16.4. The van der Waals surface area contributed by atoms with Gasteiger partial charge in [0.1, 0.15) is 0 Å². The van der Waals surface area contributed by atoms with Crippen LogP contribution in [0.25, 0.3) is 0 Å². The number of aliphatic hydroxyl groups is 1. The van der Waals surface area contributed by atoms with Crippen LogP contribution < -0.4 is 16.0 Å². The van der Waals surface area contributed by atoms with Gasteiger partial charge >= 0.3 is 12.0 Å². The minimum atomic E-state index is -1.33. The van der Waals surface area contributed by atoms with Gasteiger partial charge in [-0.1, -0.05) is 0 Å². The van der Waals surface area contributed by atoms with E-state index in [1.165, 1.54) is 0 Å². The van der Waals surface area contributed by atoms with Crippen molar-refractivity contribution in [3.63, 3.8) is 0 Å². The maximum Gasteiger partial charge on any atom is 0.328 e. The molecule has 1 fully saturated rings. The van der Waals surface area contributed by atoms with Crippen LogP contribution >= 0.6 is 0 Å². The molecule has 17 heavy (non-hydrogen) atoms. The number of urea groups is 1. The van der Waals surface area contributed by atoms with E-state index in [1.54, 1.807) is 0 Å². The van der Waals surface area contributed by atoms with Crippen LogP contribution in [0.4, 0.5) is 4.79 Å². The Kier molecular flexibility index (Phi) is 4.70. The molecule has 0 radical (unpaired) electrons. The van der Waals surface area contributed by atoms with Crippen molar-refractivity contribution in [2.24, 2.45) is 0 Å². The lowest BCUT2D eigenvalue weighted by molar-refractivity contribution is -0.140. The van der Waals surface area contributed by atoms with Crippen molar-refractivity contribution >= 4 is 17.9 Å². The van der Waals surface area contributed by atoms with Crippen molar-refractivity contribution in [1.82, 2.24) is 16.0 Å². The van der Waals surface area contributed by atoms with Gasteiger partial charge < -0.3 is 26.2 Å². The number of amides is 3. The molecule has 0 aromatic rings. The summed E-state index contributed by atoms with van der Waals surface area (Å²) in [6.45, 7) is -0.446. The molecule has 0 saturated carbocycles. The SMILES string of the molecule is O=C1CCC(CNC(=O)N[C@H](CO)C(=O)O)N1. The van der Waals surface area contributed by atoms with Crippen LogP contribution in [0.3, 0.4) is 0 Å². The molecular weight excluding hydrogens is 230 g/mol. The second-order valence-corrected chi connectivity index (χ2v) is 3.73. The van der Waals surface area contributed by atoms with Gasteiger partial charge in [-0.3, -0.25) is 4.79 Å². The Morgan fingerprint density at radius 2 is 2.24 bits per heavy atom. The summed E-state index contributed by atoms with van der Waals surface area (Å²) in [5.74, 6) is -1.37. The summed E-state index contributed by atoms with van der Waals surface area (Å²) >= 11 is 0. The van der Waals surface area contributed by atoms with Gasteiger partial charge in [0.25, 0.3) is 0 Å². The third-order valence-electron chi connectivity index (χ3n) is 2.38. The van der Waals surface area contributed by atoms with E-state index in [2.05, 4.69) is 16.0 Å². The second kappa shape index (κ2) is 6.04. The van der Waals surface area contributed by atoms with E-state index >= 15 is 0 Å². The van der Waals surface area contributed by atoms with E-state index < -0.39 is 24.6 Å². The first kappa shape index (κ1) is 13.2. The molecule has 8 heteroatoms. The van der Waals surface area contributed by atoms with Gasteiger partial charge in [0.05, 0.1) is 6.61 Å². The third-order valence-corrected chi connectivity index (χ3v) is 2.38. The van der Waals surface area contributed by atoms with Crippen LogP contribution in [0.1, 0.15) is 12.8 Å². The maximum atomic E-state index is 11.2. The van der Waals surface area contributed by atoms with Gasteiger partial charge in [0, 0.05) is 19.0 Å². The number of carboxylic acids is 1. The molecule has 1 aliphatic heterocycles. The molecule has 96 valence electrons. The molecule has 0 bridgehead atoms. The number of rotatable bonds is 5. The lowest BCUT2D eigenvalue weighted by atomic mass is 10.2. The van der Waals surface area contributed by atoms with Gasteiger partial charge in [0.2, 0.25) is 5.91 Å². The monoisotopic (exact) mass is 245 g/mol. The number of hydrogen-bond acceptors (Lipinski definition) is 4. The molecule has 5 N–H and O–H groups in total. The van der Waals surface area contributed by atoms with Crippen LogP contribution in [0.15, 0.2) is 0 Å². The van der Waals surface area contributed by atoms with Crippen molar-refractivity contribution in [3.05, 3.63) is 0 Å². The lowest BCUT2D eigenvalue weighted by Gasteiger charge is -2.15. The van der Waals surface area contributed by atoms with Gasteiger partial charge in [0.15, 0.2) is 6.04 Å². The standard InChI is InChI=1S/C9H15N3O5/c13-4-6(8(15)16)12-9(17)10-3-5-1-2-7(14)11-5/h5-6,13H,1-4H2,(H,11,14)(H,15,16)(H2,10,12,17)/t5?,6-/m1/s1. The average molecular weight is 245 g/mol. The fourth-order valence-electron chi connectivity index (χ4n) is 1.44. The first-order valence-corrected chi connectivity index (χ1v) is 5.20. The van der Waals surface area contributed by atoms with E-state index in [1.807, 2.05) is 0 Å². The van der Waals surface area contributed by atoms with Crippen LogP contribution in [-0.4, -0.2) is 53.4 Å². The van der Waals surface area contributed by atoms with Crippen molar-refractivity contribution < 1.29 is 24.6 Å². The quantitative estimate of drug-likeness (QED) is 0.383. The zero-order valence-corrected chi connectivity index (χ0v) is 9.10. The molecule has 0 spiro atoms. The van der Waals surface area contributed by atoms with Crippen molar-refractivity contribution in [3.8, 4) is 0 Å². The summed E-state index contributed by atoms with van der Waals surface area (Å²) in [5, 5.41) is 24.4. The summed E-state index contributed by atoms with van der Waals surface area (Å²) in [4.78, 5) is 32.6. The summed E-state index contributed by atoms with van der Waals surface area (Å²) in [6.07, 6.45) is 1.07. The van der Waals surface area contributed by atoms with Crippen molar-refractivity contribution in [2.45, 2.75) is 24.9 Å². The number of aliphatic hydroxyl groups excluding tert-OH is 1. The number of nitrogens with one attached hydrogen (secondary N) is 3. The molecular formula is C9H15N3O5. The maximum absolute atomic E-state index is 11.2. The molecule has 0 aromatic heterocycles. The molecule has 8 nitrogen and oxygen atoms in total. The first-order valence-electron chi connectivity index (χ1n) is 5.20. The second-order valence-electron chi connectivity index (χ2n) is 3.73. The molecule has 3 amide bonds. The van der Waals surface area contributed by atoms with Crippen molar-refractivity contribution in [1.29, 1.82) is 0 Å². The smallest absolute Gasteiger partial charge is 0.328 e. The Hall–Kier alpha value is -1.83. The average Bonchev–Trinajstić information content (AvgIpc) is 2.68. The number of carboxylic acid groups (broad SMARTS) is 1. The molecule has 2 atom stereocenters. The minimum Gasteiger partial charge on any atom is -0.480 e. The largest absolute Gasteiger partial charge is 0.480 e. The Morgan fingerprint density at radius 1 is 1.53 bits per heavy atom. The van der Waals surface area contributed by atoms with E-state index in [9.17, 15) is 14.4 Å². The molecule has 1 saturated heterocycles. The zero-order valence-electron chi connectivity index (χ0n) is 9.10. The number of aliphatic carboxylic acids is 1. The predicted molar refractivity (Wildman–Crippen MR) is 56.2 cm³/mol. The Balaban J connectivity index is 2.25. The molecule has 1 aliphatic rings. The lowest BCUT2D eigenvalue weighted by Crippen LogP contribution is -2.50. The summed E-state index contributed by atoms with van der Waals surface area (Å²) in [7, 11) is 0. The summed E-state index contributed by atoms with van der Waals surface area (Å²) in [5.41, 5.74) is 0. The van der Waals surface area contributed by atoms with Crippen LogP contribution in [0.5, 0.6) is 0 Å². The van der Waals surface area contributed by atoms with E-state index in [0.717, 1.165) is 0 Å². The topological polar surface area (TPSA) is 128 Å². The van der Waals surface area contributed by atoms with Crippen molar-refractivity contribution in [2.75, 3.05) is 13.2 Å². The van der Waals surface area contributed by atoms with Crippen LogP contribution in [-0.2, 0) is 9.59 Å². The predicted octanol–water partition coefficient (Wildman–Crippen LogP) is -1.99. The molecule has 0 aromatic carbocycles. The van der Waals surface area contributed by atoms with Gasteiger partial charge in [-0.25, -0.2) is 9.59 Å². The number of carbonyl (C=O) groups excluding carboxylic acids is 2. The molecule has 1 heterocycles. The molecule has 1 unspecified atom stereocenters. The minimum absolute atomic E-state index is 0.0593. The third kappa shape index (κ3) is 4.27. The molecule has 0 aliphatic carbocycles. The summed E-state index contributed by atoms with van der Waals surface area (Å²) < 4.78 is 0. The van der Waals surface area contributed by atoms with E-state index in [4.69, 9.17) is 10.2 Å². The van der Waals surface area contributed by atoms with Gasteiger partial charge in [-0.2, -0.15) is 0 Å². The first-order chi connectivity index (χ1) is 8.02. The fraction of sp³-hybridized carbons (Fsp3) is 0.667. The van der Waals surface area contributed by atoms with E-state index in [-0.39, 0.29) is 18.5 Å². The van der Waals surface area contributed by atoms with Gasteiger partial charge in [-0.15, -0.1) is 0 Å².